The lowest BCUT2D eigenvalue weighted by Gasteiger charge is -2.14. The number of cyclic esters (lactones) is 1. The third kappa shape index (κ3) is 1.77. The van der Waals surface area contributed by atoms with Crippen molar-refractivity contribution in [3.63, 3.8) is 0 Å². The van der Waals surface area contributed by atoms with Gasteiger partial charge in [0.1, 0.15) is 6.61 Å². The molecule has 0 amide bonds. The van der Waals surface area contributed by atoms with Crippen molar-refractivity contribution in [2.75, 3.05) is 6.61 Å². The summed E-state index contributed by atoms with van der Waals surface area (Å²) in [6.45, 7) is 0.401. The van der Waals surface area contributed by atoms with Crippen LogP contribution in [0, 0.1) is 5.92 Å². The van der Waals surface area contributed by atoms with E-state index in [0.29, 0.717) is 13.0 Å². The molecule has 4 nitrogen and oxygen atoms in total. The molecule has 1 aromatic rings. The van der Waals surface area contributed by atoms with Crippen LogP contribution in [-0.2, 0) is 16.0 Å². The summed E-state index contributed by atoms with van der Waals surface area (Å²) in [5, 5.41) is 0. The van der Waals surface area contributed by atoms with E-state index in [9.17, 15) is 4.79 Å². The second-order valence-electron chi connectivity index (χ2n) is 2.95. The molecular weight excluding hydrogens is 168 g/mol. The van der Waals surface area contributed by atoms with Gasteiger partial charge in [0.2, 0.25) is 0 Å². The molecule has 1 aromatic heterocycles. The number of H-pyrrole nitrogens is 1. The van der Waals surface area contributed by atoms with Gasteiger partial charge in [-0.3, -0.25) is 4.79 Å². The first-order valence-corrected chi connectivity index (χ1v) is 4.17. The lowest BCUT2D eigenvalue weighted by molar-refractivity contribution is -0.146. The highest BCUT2D eigenvalue weighted by Crippen LogP contribution is 2.12. The number of rotatable bonds is 2. The number of hydrogen-bond donors (Lipinski definition) is 1. The summed E-state index contributed by atoms with van der Waals surface area (Å²) in [4.78, 5) is 18.0. The van der Waals surface area contributed by atoms with E-state index in [-0.39, 0.29) is 11.9 Å². The molecule has 1 N–H and O–H groups in total. The molecule has 0 saturated heterocycles. The molecule has 1 unspecified atom stereocenters. The molecule has 0 fully saturated rings. The summed E-state index contributed by atoms with van der Waals surface area (Å²) in [6.07, 6.45) is 7.70. The molecule has 0 spiro atoms. The fourth-order valence-electron chi connectivity index (χ4n) is 1.32. The van der Waals surface area contributed by atoms with Crippen LogP contribution in [0.5, 0.6) is 0 Å². The van der Waals surface area contributed by atoms with Crippen molar-refractivity contribution in [3.8, 4) is 0 Å². The predicted octanol–water partition coefficient (Wildman–Crippen LogP) is 0.681. The van der Waals surface area contributed by atoms with Crippen molar-refractivity contribution >= 4 is 5.97 Å². The Morgan fingerprint density at radius 1 is 1.69 bits per heavy atom. The zero-order chi connectivity index (χ0) is 9.10. The average Bonchev–Trinajstić information content (AvgIpc) is 2.61. The first kappa shape index (κ1) is 8.04. The molecule has 68 valence electrons. The number of aromatic amines is 1. The molecule has 0 bridgehead atoms. The van der Waals surface area contributed by atoms with Crippen LogP contribution < -0.4 is 0 Å². The molecule has 1 aliphatic heterocycles. The van der Waals surface area contributed by atoms with Crippen LogP contribution >= 0.6 is 0 Å². The fraction of sp³-hybridized carbons (Fsp3) is 0.333. The van der Waals surface area contributed by atoms with Crippen LogP contribution in [-0.4, -0.2) is 22.5 Å². The minimum Gasteiger partial charge on any atom is -0.461 e. The summed E-state index contributed by atoms with van der Waals surface area (Å²) < 4.78 is 4.88. The molecule has 0 saturated carbocycles. The Balaban J connectivity index is 2.05. The minimum absolute atomic E-state index is 0.155. The SMILES string of the molecule is O=C1OCC=CC1Cc1cnc[nH]1. The molecule has 2 heterocycles. The smallest absolute Gasteiger partial charge is 0.313 e. The zero-order valence-electron chi connectivity index (χ0n) is 7.06. The highest BCUT2D eigenvalue weighted by Gasteiger charge is 2.20. The number of hydrogen-bond acceptors (Lipinski definition) is 3. The standard InChI is InChI=1S/C9H10N2O2/c12-9-7(2-1-3-13-9)4-8-5-10-6-11-8/h1-2,5-7H,3-4H2,(H,10,11). The number of nitrogens with zero attached hydrogens (tertiary/aromatic N) is 1. The van der Waals surface area contributed by atoms with Crippen LogP contribution in [0.15, 0.2) is 24.7 Å². The number of imidazole rings is 1. The van der Waals surface area contributed by atoms with Crippen LogP contribution in [0.25, 0.3) is 0 Å². The molecular formula is C9H10N2O2. The van der Waals surface area contributed by atoms with Gasteiger partial charge in [-0.15, -0.1) is 0 Å². The highest BCUT2D eigenvalue weighted by atomic mass is 16.5. The largest absolute Gasteiger partial charge is 0.461 e. The first-order valence-electron chi connectivity index (χ1n) is 4.17. The molecule has 2 rings (SSSR count). The normalized spacial score (nSPS) is 21.5. The molecule has 0 aromatic carbocycles. The second kappa shape index (κ2) is 3.43. The second-order valence-corrected chi connectivity index (χ2v) is 2.95. The maximum absolute atomic E-state index is 11.2. The van der Waals surface area contributed by atoms with E-state index in [2.05, 4.69) is 9.97 Å². The highest BCUT2D eigenvalue weighted by molar-refractivity contribution is 5.75. The Labute approximate surface area is 75.6 Å². The third-order valence-corrected chi connectivity index (χ3v) is 1.99. The van der Waals surface area contributed by atoms with E-state index in [4.69, 9.17) is 4.74 Å². The van der Waals surface area contributed by atoms with E-state index in [1.807, 2.05) is 12.2 Å². The van der Waals surface area contributed by atoms with Gasteiger partial charge in [0.15, 0.2) is 0 Å². The van der Waals surface area contributed by atoms with Crippen molar-refractivity contribution in [3.05, 3.63) is 30.4 Å². The van der Waals surface area contributed by atoms with Crippen LogP contribution in [0.4, 0.5) is 0 Å². The number of ether oxygens (including phenoxy) is 1. The van der Waals surface area contributed by atoms with Crippen LogP contribution in [0.2, 0.25) is 0 Å². The van der Waals surface area contributed by atoms with Gasteiger partial charge in [0.05, 0.1) is 12.2 Å². The molecule has 0 radical (unpaired) electrons. The van der Waals surface area contributed by atoms with Crippen LogP contribution in [0.3, 0.4) is 0 Å². The maximum atomic E-state index is 11.2. The van der Waals surface area contributed by atoms with Gasteiger partial charge in [0.25, 0.3) is 0 Å². The van der Waals surface area contributed by atoms with E-state index in [1.165, 1.54) is 0 Å². The summed E-state index contributed by atoms with van der Waals surface area (Å²) in [5.41, 5.74) is 0.952. The number of aromatic nitrogens is 2. The van der Waals surface area contributed by atoms with Gasteiger partial charge in [-0.25, -0.2) is 4.98 Å². The molecule has 13 heavy (non-hydrogen) atoms. The van der Waals surface area contributed by atoms with Crippen molar-refractivity contribution in [2.24, 2.45) is 5.92 Å². The zero-order valence-corrected chi connectivity index (χ0v) is 7.06. The molecule has 0 aliphatic carbocycles. The van der Waals surface area contributed by atoms with E-state index in [0.717, 1.165) is 5.69 Å². The lowest BCUT2D eigenvalue weighted by atomic mass is 10.0. The summed E-state index contributed by atoms with van der Waals surface area (Å²) in [6, 6.07) is 0. The number of esters is 1. The van der Waals surface area contributed by atoms with Gasteiger partial charge in [-0.1, -0.05) is 12.2 Å². The average molecular weight is 178 g/mol. The summed E-state index contributed by atoms with van der Waals surface area (Å²) in [7, 11) is 0. The number of carbonyl (C=O) groups is 1. The van der Waals surface area contributed by atoms with E-state index >= 15 is 0 Å². The summed E-state index contributed by atoms with van der Waals surface area (Å²) >= 11 is 0. The Hall–Kier alpha value is -1.58. The third-order valence-electron chi connectivity index (χ3n) is 1.99. The Kier molecular flexibility index (Phi) is 2.12. The van der Waals surface area contributed by atoms with E-state index < -0.39 is 0 Å². The van der Waals surface area contributed by atoms with E-state index in [1.54, 1.807) is 12.5 Å². The van der Waals surface area contributed by atoms with Crippen molar-refractivity contribution in [2.45, 2.75) is 6.42 Å². The molecule has 1 atom stereocenters. The van der Waals surface area contributed by atoms with Crippen molar-refractivity contribution in [1.29, 1.82) is 0 Å². The quantitative estimate of drug-likeness (QED) is 0.535. The van der Waals surface area contributed by atoms with Gasteiger partial charge in [-0.2, -0.15) is 0 Å². The van der Waals surface area contributed by atoms with Crippen LogP contribution in [0.1, 0.15) is 5.69 Å². The lowest BCUT2D eigenvalue weighted by Crippen LogP contribution is -2.21. The van der Waals surface area contributed by atoms with Gasteiger partial charge >= 0.3 is 5.97 Å². The van der Waals surface area contributed by atoms with Gasteiger partial charge < -0.3 is 9.72 Å². The van der Waals surface area contributed by atoms with Gasteiger partial charge in [-0.05, 0) is 0 Å². The topological polar surface area (TPSA) is 55.0 Å². The summed E-state index contributed by atoms with van der Waals surface area (Å²) in [5.74, 6) is -0.314. The Bertz CT molecular complexity index is 316. The minimum atomic E-state index is -0.158. The van der Waals surface area contributed by atoms with Crippen molar-refractivity contribution in [1.82, 2.24) is 9.97 Å². The maximum Gasteiger partial charge on any atom is 0.313 e. The Morgan fingerprint density at radius 2 is 2.62 bits per heavy atom. The molecule has 1 aliphatic rings. The Morgan fingerprint density at radius 3 is 3.31 bits per heavy atom. The number of nitrogens with one attached hydrogen (secondary N) is 1. The monoisotopic (exact) mass is 178 g/mol. The van der Waals surface area contributed by atoms with Gasteiger partial charge in [0, 0.05) is 18.3 Å². The molecule has 4 heteroatoms. The first-order chi connectivity index (χ1) is 6.36. The predicted molar refractivity (Wildman–Crippen MR) is 45.9 cm³/mol. The number of carbonyl (C=O) groups excluding carboxylic acids is 1. The van der Waals surface area contributed by atoms with Crippen molar-refractivity contribution < 1.29 is 9.53 Å². The fourth-order valence-corrected chi connectivity index (χ4v) is 1.32.